The molecule has 0 spiro atoms. The molecule has 0 heterocycles. The second-order valence-electron chi connectivity index (χ2n) is 3.00. The number of carbonyl (C=O) groups is 2. The predicted molar refractivity (Wildman–Crippen MR) is 49.4 cm³/mol. The Morgan fingerprint density at radius 2 is 2.15 bits per heavy atom. The third-order valence-electron chi connectivity index (χ3n) is 1.42. The number of aldehydes is 1. The minimum Gasteiger partial charge on any atom is -0.462 e. The van der Waals surface area contributed by atoms with E-state index in [4.69, 9.17) is 4.74 Å². The lowest BCUT2D eigenvalue weighted by Crippen LogP contribution is -2.39. The van der Waals surface area contributed by atoms with Crippen molar-refractivity contribution < 1.29 is 14.3 Å². The molecule has 1 N–H and O–H groups in total. The van der Waals surface area contributed by atoms with Crippen LogP contribution in [-0.4, -0.2) is 30.9 Å². The van der Waals surface area contributed by atoms with E-state index in [2.05, 4.69) is 5.32 Å². The number of carbonyl (C=O) groups excluding carboxylic acids is 2. The van der Waals surface area contributed by atoms with Gasteiger partial charge in [0.15, 0.2) is 0 Å². The van der Waals surface area contributed by atoms with Gasteiger partial charge in [-0.1, -0.05) is 6.92 Å². The van der Waals surface area contributed by atoms with Gasteiger partial charge in [-0.3, -0.25) is 4.79 Å². The molecule has 0 aliphatic heterocycles. The van der Waals surface area contributed by atoms with E-state index in [1.807, 2.05) is 6.92 Å². The van der Waals surface area contributed by atoms with Crippen molar-refractivity contribution in [2.75, 3.05) is 6.54 Å². The molecule has 1 atom stereocenters. The zero-order valence-electron chi connectivity index (χ0n) is 8.37. The van der Waals surface area contributed by atoms with Gasteiger partial charge < -0.3 is 14.8 Å². The summed E-state index contributed by atoms with van der Waals surface area (Å²) < 4.78 is 4.96. The van der Waals surface area contributed by atoms with E-state index >= 15 is 0 Å². The number of rotatable bonds is 6. The first-order chi connectivity index (χ1) is 6.11. The summed E-state index contributed by atoms with van der Waals surface area (Å²) in [6.45, 7) is 6.08. The van der Waals surface area contributed by atoms with Crippen LogP contribution in [-0.2, 0) is 14.3 Å². The molecular formula is C9H17NO3. The van der Waals surface area contributed by atoms with Crippen molar-refractivity contribution in [1.82, 2.24) is 5.32 Å². The molecule has 0 radical (unpaired) electrons. The van der Waals surface area contributed by atoms with Gasteiger partial charge in [0.05, 0.1) is 6.10 Å². The Labute approximate surface area is 78.6 Å². The van der Waals surface area contributed by atoms with Gasteiger partial charge in [-0.05, 0) is 20.4 Å². The summed E-state index contributed by atoms with van der Waals surface area (Å²) in [6, 6.07) is -0.495. The van der Waals surface area contributed by atoms with E-state index in [0.29, 0.717) is 6.54 Å². The van der Waals surface area contributed by atoms with E-state index in [-0.39, 0.29) is 18.5 Å². The molecule has 0 fully saturated rings. The largest absolute Gasteiger partial charge is 0.462 e. The Morgan fingerprint density at radius 3 is 2.54 bits per heavy atom. The lowest BCUT2D eigenvalue weighted by molar-refractivity contribution is -0.150. The molecule has 0 saturated heterocycles. The monoisotopic (exact) mass is 187 g/mol. The second kappa shape index (κ2) is 6.60. The van der Waals surface area contributed by atoms with Crippen molar-refractivity contribution in [3.05, 3.63) is 0 Å². The maximum Gasteiger partial charge on any atom is 0.323 e. The van der Waals surface area contributed by atoms with Gasteiger partial charge >= 0.3 is 5.97 Å². The van der Waals surface area contributed by atoms with Crippen molar-refractivity contribution in [2.45, 2.75) is 39.3 Å². The van der Waals surface area contributed by atoms with Crippen LogP contribution in [0.5, 0.6) is 0 Å². The summed E-state index contributed by atoms with van der Waals surface area (Å²) in [5.41, 5.74) is 0. The quantitative estimate of drug-likeness (QED) is 0.486. The lowest BCUT2D eigenvalue weighted by Gasteiger charge is -2.15. The van der Waals surface area contributed by atoms with Crippen LogP contribution in [0.1, 0.15) is 27.2 Å². The summed E-state index contributed by atoms with van der Waals surface area (Å²) in [4.78, 5) is 21.5. The highest BCUT2D eigenvalue weighted by molar-refractivity contribution is 5.79. The smallest absolute Gasteiger partial charge is 0.323 e. The molecule has 4 nitrogen and oxygen atoms in total. The standard InChI is InChI=1S/C9H17NO3/c1-4-10-8(5-6-11)9(12)13-7(2)3/h6-8,10H,4-5H2,1-3H3. The summed E-state index contributed by atoms with van der Waals surface area (Å²) in [7, 11) is 0. The fourth-order valence-electron chi connectivity index (χ4n) is 0.920. The molecule has 0 aliphatic carbocycles. The number of likely N-dealkylation sites (N-methyl/N-ethyl adjacent to an activating group) is 1. The molecular weight excluding hydrogens is 170 g/mol. The number of hydrogen-bond donors (Lipinski definition) is 1. The maximum atomic E-state index is 11.3. The van der Waals surface area contributed by atoms with Crippen LogP contribution >= 0.6 is 0 Å². The molecule has 0 rings (SSSR count). The minimum atomic E-state index is -0.495. The second-order valence-corrected chi connectivity index (χ2v) is 3.00. The van der Waals surface area contributed by atoms with Crippen LogP contribution in [0.2, 0.25) is 0 Å². The molecule has 76 valence electrons. The molecule has 0 aromatic rings. The molecule has 0 bridgehead atoms. The molecule has 0 saturated carbocycles. The highest BCUT2D eigenvalue weighted by atomic mass is 16.5. The van der Waals surface area contributed by atoms with Crippen molar-refractivity contribution in [3.8, 4) is 0 Å². The van der Waals surface area contributed by atoms with Gasteiger partial charge in [-0.2, -0.15) is 0 Å². The molecule has 1 unspecified atom stereocenters. The van der Waals surface area contributed by atoms with Crippen LogP contribution in [0.15, 0.2) is 0 Å². The van der Waals surface area contributed by atoms with Crippen LogP contribution in [0.3, 0.4) is 0 Å². The summed E-state index contributed by atoms with van der Waals surface area (Å²) >= 11 is 0. The first-order valence-corrected chi connectivity index (χ1v) is 4.49. The summed E-state index contributed by atoms with van der Waals surface area (Å²) in [5.74, 6) is -0.357. The Hall–Kier alpha value is -0.900. The average molecular weight is 187 g/mol. The van der Waals surface area contributed by atoms with E-state index in [1.165, 1.54) is 0 Å². The van der Waals surface area contributed by atoms with Crippen molar-refractivity contribution in [3.63, 3.8) is 0 Å². The number of ether oxygens (including phenoxy) is 1. The van der Waals surface area contributed by atoms with Gasteiger partial charge in [0.2, 0.25) is 0 Å². The first-order valence-electron chi connectivity index (χ1n) is 4.49. The van der Waals surface area contributed by atoms with Crippen LogP contribution < -0.4 is 5.32 Å². The molecule has 0 amide bonds. The van der Waals surface area contributed by atoms with E-state index in [0.717, 1.165) is 6.29 Å². The van der Waals surface area contributed by atoms with Crippen LogP contribution in [0.25, 0.3) is 0 Å². The highest BCUT2D eigenvalue weighted by Gasteiger charge is 2.18. The van der Waals surface area contributed by atoms with E-state index in [9.17, 15) is 9.59 Å². The Kier molecular flexibility index (Phi) is 6.14. The first kappa shape index (κ1) is 12.1. The fourth-order valence-corrected chi connectivity index (χ4v) is 0.920. The normalized spacial score (nSPS) is 12.6. The fraction of sp³-hybridized carbons (Fsp3) is 0.778. The Morgan fingerprint density at radius 1 is 1.54 bits per heavy atom. The summed E-state index contributed by atoms with van der Waals surface area (Å²) in [5, 5.41) is 2.88. The SMILES string of the molecule is CCNC(CC=O)C(=O)OC(C)C. The predicted octanol–water partition coefficient (Wildman–Crippen LogP) is 0.505. The van der Waals surface area contributed by atoms with Crippen molar-refractivity contribution in [2.24, 2.45) is 0 Å². The molecule has 0 aliphatic rings. The number of hydrogen-bond acceptors (Lipinski definition) is 4. The van der Waals surface area contributed by atoms with Gasteiger partial charge in [0, 0.05) is 6.42 Å². The highest BCUT2D eigenvalue weighted by Crippen LogP contribution is 1.97. The number of nitrogens with one attached hydrogen (secondary N) is 1. The molecule has 13 heavy (non-hydrogen) atoms. The lowest BCUT2D eigenvalue weighted by atomic mass is 10.2. The third kappa shape index (κ3) is 5.36. The third-order valence-corrected chi connectivity index (χ3v) is 1.42. The van der Waals surface area contributed by atoms with Crippen LogP contribution in [0.4, 0.5) is 0 Å². The zero-order chi connectivity index (χ0) is 10.3. The topological polar surface area (TPSA) is 55.4 Å². The van der Waals surface area contributed by atoms with Gasteiger partial charge in [-0.25, -0.2) is 0 Å². The van der Waals surface area contributed by atoms with Crippen molar-refractivity contribution in [1.29, 1.82) is 0 Å². The Balaban J connectivity index is 4.02. The molecule has 4 heteroatoms. The molecule has 0 aromatic heterocycles. The van der Waals surface area contributed by atoms with E-state index < -0.39 is 6.04 Å². The molecule has 0 aromatic carbocycles. The average Bonchev–Trinajstić information content (AvgIpc) is 2.02. The summed E-state index contributed by atoms with van der Waals surface area (Å²) in [6.07, 6.45) is 0.745. The zero-order valence-corrected chi connectivity index (χ0v) is 8.37. The Bertz CT molecular complexity index is 168. The number of esters is 1. The van der Waals surface area contributed by atoms with Crippen LogP contribution in [0, 0.1) is 0 Å². The maximum absolute atomic E-state index is 11.3. The van der Waals surface area contributed by atoms with Gasteiger partial charge in [-0.15, -0.1) is 0 Å². The van der Waals surface area contributed by atoms with Gasteiger partial charge in [0.1, 0.15) is 12.3 Å². The minimum absolute atomic E-state index is 0.139. The van der Waals surface area contributed by atoms with Gasteiger partial charge in [0.25, 0.3) is 0 Å². The van der Waals surface area contributed by atoms with E-state index in [1.54, 1.807) is 13.8 Å². The van der Waals surface area contributed by atoms with Crippen molar-refractivity contribution >= 4 is 12.3 Å².